The quantitative estimate of drug-likeness (QED) is 0.505. The Morgan fingerprint density at radius 1 is 1.07 bits per heavy atom. The first-order chi connectivity index (χ1) is 13.4. The number of hydrogen-bond donors (Lipinski definition) is 3. The molecule has 0 saturated heterocycles. The summed E-state index contributed by atoms with van der Waals surface area (Å²) in [5, 5.41) is 7.03. The average Bonchev–Trinajstić information content (AvgIpc) is 2.69. The number of anilines is 1. The summed E-state index contributed by atoms with van der Waals surface area (Å²) in [5.74, 6) is -0.380. The first-order valence-electron chi connectivity index (χ1n) is 9.21. The molecule has 0 aliphatic carbocycles. The molecule has 28 heavy (non-hydrogen) atoms. The topological polar surface area (TPSA) is 84.2 Å². The Morgan fingerprint density at radius 3 is 2.32 bits per heavy atom. The summed E-state index contributed by atoms with van der Waals surface area (Å²) in [7, 11) is 0. The van der Waals surface area contributed by atoms with Crippen LogP contribution in [-0.2, 0) is 15.1 Å². The second kappa shape index (κ2) is 10.5. The van der Waals surface area contributed by atoms with Gasteiger partial charge in [0.05, 0.1) is 18.0 Å². The summed E-state index contributed by atoms with van der Waals surface area (Å²) in [6.45, 7) is 4.36. The van der Waals surface area contributed by atoms with Crippen LogP contribution in [0.2, 0.25) is 5.02 Å². The van der Waals surface area contributed by atoms with Gasteiger partial charge >= 0.3 is 0 Å². The highest BCUT2D eigenvalue weighted by Crippen LogP contribution is 2.30. The first kappa shape index (κ1) is 22.3. The molecule has 0 atom stereocenters. The van der Waals surface area contributed by atoms with Gasteiger partial charge < -0.3 is 11.1 Å². The van der Waals surface area contributed by atoms with Crippen molar-refractivity contribution < 1.29 is 9.59 Å². The zero-order chi connectivity index (χ0) is 20.6. The van der Waals surface area contributed by atoms with Gasteiger partial charge in [-0.15, -0.1) is 11.8 Å². The van der Waals surface area contributed by atoms with Crippen LogP contribution in [0.15, 0.2) is 53.4 Å². The van der Waals surface area contributed by atoms with E-state index in [9.17, 15) is 9.59 Å². The van der Waals surface area contributed by atoms with Crippen molar-refractivity contribution in [2.45, 2.75) is 37.1 Å². The standard InChI is InChI=1S/C21H26ClN3O2S/c1-3-21(4-2,15-9-11-16(22)12-10-15)24-13-20(27)25-17-7-5-6-8-18(17)28-14-19(23)26/h5-12,24H,3-4,13-14H2,1-2H3,(H2,23,26)(H,25,27). The Labute approximate surface area is 175 Å². The van der Waals surface area contributed by atoms with Gasteiger partial charge in [0.2, 0.25) is 11.8 Å². The zero-order valence-electron chi connectivity index (χ0n) is 16.1. The largest absolute Gasteiger partial charge is 0.369 e. The maximum atomic E-state index is 12.6. The molecule has 0 spiro atoms. The van der Waals surface area contributed by atoms with Crippen molar-refractivity contribution in [3.8, 4) is 0 Å². The molecule has 0 aromatic heterocycles. The number of carbonyl (C=O) groups excluding carboxylic acids is 2. The molecule has 0 aliphatic heterocycles. The molecule has 2 amide bonds. The van der Waals surface area contributed by atoms with E-state index in [1.165, 1.54) is 11.8 Å². The summed E-state index contributed by atoms with van der Waals surface area (Å²) in [4.78, 5) is 24.4. The number of para-hydroxylation sites is 1. The first-order valence-corrected chi connectivity index (χ1v) is 10.6. The number of nitrogens with two attached hydrogens (primary N) is 1. The van der Waals surface area contributed by atoms with Gasteiger partial charge in [0.25, 0.3) is 0 Å². The molecule has 0 heterocycles. The molecule has 150 valence electrons. The molecule has 0 radical (unpaired) electrons. The van der Waals surface area contributed by atoms with E-state index < -0.39 is 5.91 Å². The Balaban J connectivity index is 2.06. The van der Waals surface area contributed by atoms with Crippen LogP contribution in [0.1, 0.15) is 32.3 Å². The van der Waals surface area contributed by atoms with Crippen molar-refractivity contribution in [3.05, 3.63) is 59.1 Å². The molecule has 5 nitrogen and oxygen atoms in total. The highest BCUT2D eigenvalue weighted by Gasteiger charge is 2.28. The normalized spacial score (nSPS) is 11.2. The van der Waals surface area contributed by atoms with E-state index in [-0.39, 0.29) is 23.7 Å². The molecular weight excluding hydrogens is 394 g/mol. The molecule has 2 rings (SSSR count). The number of benzene rings is 2. The third kappa shape index (κ3) is 5.99. The maximum Gasteiger partial charge on any atom is 0.238 e. The maximum absolute atomic E-state index is 12.6. The highest BCUT2D eigenvalue weighted by molar-refractivity contribution is 8.00. The van der Waals surface area contributed by atoms with E-state index in [0.29, 0.717) is 10.7 Å². The monoisotopic (exact) mass is 419 g/mol. The van der Waals surface area contributed by atoms with Gasteiger partial charge in [0.15, 0.2) is 0 Å². The molecule has 0 aliphatic rings. The molecular formula is C21H26ClN3O2S. The Bertz CT molecular complexity index is 808. The number of rotatable bonds is 10. The molecule has 0 unspecified atom stereocenters. The third-order valence-corrected chi connectivity index (χ3v) is 6.07. The van der Waals surface area contributed by atoms with Crippen LogP contribution in [0.25, 0.3) is 0 Å². The fourth-order valence-corrected chi connectivity index (χ4v) is 3.94. The molecule has 4 N–H and O–H groups in total. The summed E-state index contributed by atoms with van der Waals surface area (Å²) in [5.41, 5.74) is 6.69. The van der Waals surface area contributed by atoms with Gasteiger partial charge in [0.1, 0.15) is 0 Å². The number of nitrogens with one attached hydrogen (secondary N) is 2. The lowest BCUT2D eigenvalue weighted by molar-refractivity contribution is -0.116. The van der Waals surface area contributed by atoms with Crippen molar-refractivity contribution >= 4 is 40.9 Å². The van der Waals surface area contributed by atoms with Crippen LogP contribution in [-0.4, -0.2) is 24.1 Å². The SMILES string of the molecule is CCC(CC)(NCC(=O)Nc1ccccc1SCC(N)=O)c1ccc(Cl)cc1. The lowest BCUT2D eigenvalue weighted by Gasteiger charge is -2.33. The van der Waals surface area contributed by atoms with Gasteiger partial charge in [-0.25, -0.2) is 0 Å². The van der Waals surface area contributed by atoms with E-state index >= 15 is 0 Å². The summed E-state index contributed by atoms with van der Waals surface area (Å²) in [6.07, 6.45) is 1.67. The van der Waals surface area contributed by atoms with Crippen LogP contribution in [0.3, 0.4) is 0 Å². The number of hydrogen-bond acceptors (Lipinski definition) is 4. The van der Waals surface area contributed by atoms with Gasteiger partial charge in [-0.3, -0.25) is 14.9 Å². The van der Waals surface area contributed by atoms with E-state index in [0.717, 1.165) is 23.3 Å². The van der Waals surface area contributed by atoms with Crippen LogP contribution < -0.4 is 16.4 Å². The van der Waals surface area contributed by atoms with E-state index in [4.69, 9.17) is 17.3 Å². The molecule has 7 heteroatoms. The molecule has 0 saturated carbocycles. The number of carbonyl (C=O) groups is 2. The van der Waals surface area contributed by atoms with E-state index in [1.54, 1.807) is 0 Å². The van der Waals surface area contributed by atoms with Gasteiger partial charge in [-0.05, 0) is 42.7 Å². The van der Waals surface area contributed by atoms with Gasteiger partial charge in [0, 0.05) is 15.5 Å². The fourth-order valence-electron chi connectivity index (χ4n) is 3.07. The fraction of sp³-hybridized carbons (Fsp3) is 0.333. The van der Waals surface area contributed by atoms with E-state index in [1.807, 2.05) is 48.5 Å². The lowest BCUT2D eigenvalue weighted by atomic mass is 9.84. The summed E-state index contributed by atoms with van der Waals surface area (Å²) >= 11 is 7.32. The minimum absolute atomic E-state index is 0.146. The van der Waals surface area contributed by atoms with Crippen molar-refractivity contribution in [1.29, 1.82) is 0 Å². The van der Waals surface area contributed by atoms with Crippen molar-refractivity contribution in [1.82, 2.24) is 5.32 Å². The zero-order valence-corrected chi connectivity index (χ0v) is 17.7. The number of primary amides is 1. The van der Waals surface area contributed by atoms with Gasteiger partial charge in [-0.1, -0.05) is 49.7 Å². The predicted molar refractivity (Wildman–Crippen MR) is 117 cm³/mol. The smallest absolute Gasteiger partial charge is 0.238 e. The number of thioether (sulfide) groups is 1. The van der Waals surface area contributed by atoms with Crippen LogP contribution in [0.4, 0.5) is 5.69 Å². The molecule has 2 aromatic carbocycles. The second-order valence-corrected chi connectivity index (χ2v) is 7.90. The summed E-state index contributed by atoms with van der Waals surface area (Å²) in [6, 6.07) is 15.1. The minimum Gasteiger partial charge on any atom is -0.369 e. The molecule has 0 bridgehead atoms. The second-order valence-electron chi connectivity index (χ2n) is 6.45. The van der Waals surface area contributed by atoms with Crippen LogP contribution >= 0.6 is 23.4 Å². The molecule has 2 aromatic rings. The predicted octanol–water partition coefficient (Wildman–Crippen LogP) is 4.16. The molecule has 0 fully saturated rings. The minimum atomic E-state index is -0.397. The van der Waals surface area contributed by atoms with Crippen molar-refractivity contribution in [2.75, 3.05) is 17.6 Å². The summed E-state index contributed by atoms with van der Waals surface area (Å²) < 4.78 is 0. The number of amides is 2. The van der Waals surface area contributed by atoms with Crippen LogP contribution in [0, 0.1) is 0 Å². The third-order valence-electron chi connectivity index (χ3n) is 4.72. The van der Waals surface area contributed by atoms with Crippen molar-refractivity contribution in [3.63, 3.8) is 0 Å². The Hall–Kier alpha value is -2.02. The number of halogens is 1. The van der Waals surface area contributed by atoms with Crippen LogP contribution in [0.5, 0.6) is 0 Å². The average molecular weight is 420 g/mol. The van der Waals surface area contributed by atoms with Crippen molar-refractivity contribution in [2.24, 2.45) is 5.73 Å². The Kier molecular flexibility index (Phi) is 8.35. The lowest BCUT2D eigenvalue weighted by Crippen LogP contribution is -2.45. The Morgan fingerprint density at radius 2 is 1.71 bits per heavy atom. The van der Waals surface area contributed by atoms with Gasteiger partial charge in [-0.2, -0.15) is 0 Å². The van der Waals surface area contributed by atoms with E-state index in [2.05, 4.69) is 24.5 Å². The highest BCUT2D eigenvalue weighted by atomic mass is 35.5.